The summed E-state index contributed by atoms with van der Waals surface area (Å²) >= 11 is 0. The summed E-state index contributed by atoms with van der Waals surface area (Å²) in [6.45, 7) is 5.67. The molecule has 1 aliphatic heterocycles. The Kier molecular flexibility index (Phi) is 4.14. The van der Waals surface area contributed by atoms with Crippen molar-refractivity contribution in [1.29, 1.82) is 0 Å². The van der Waals surface area contributed by atoms with Crippen LogP contribution in [0.1, 0.15) is 30.6 Å². The van der Waals surface area contributed by atoms with E-state index in [1.54, 1.807) is 24.5 Å². The maximum Gasteiger partial charge on any atom is 0.254 e. The molecule has 1 atom stereocenters. The molecule has 5 heteroatoms. The monoisotopic (exact) mass is 261 g/mol. The minimum Gasteiger partial charge on any atom is -0.339 e. The molecular weight excluding hydrogens is 242 g/mol. The number of carbonyl (C=O) groups excluding carboxylic acids is 2. The van der Waals surface area contributed by atoms with Crippen LogP contribution < -0.4 is 0 Å². The summed E-state index contributed by atoms with van der Waals surface area (Å²) in [4.78, 5) is 31.6. The van der Waals surface area contributed by atoms with E-state index < -0.39 is 0 Å². The van der Waals surface area contributed by atoms with Crippen molar-refractivity contribution in [1.82, 2.24) is 14.8 Å². The first-order chi connectivity index (χ1) is 9.13. The van der Waals surface area contributed by atoms with Crippen molar-refractivity contribution in [2.45, 2.75) is 26.3 Å². The number of pyridine rings is 1. The number of amides is 2. The van der Waals surface area contributed by atoms with Crippen LogP contribution in [0.3, 0.4) is 0 Å². The van der Waals surface area contributed by atoms with Gasteiger partial charge in [-0.2, -0.15) is 0 Å². The molecule has 1 aromatic heterocycles. The zero-order valence-corrected chi connectivity index (χ0v) is 11.4. The van der Waals surface area contributed by atoms with E-state index in [9.17, 15) is 9.59 Å². The maximum absolute atomic E-state index is 12.4. The number of hydrogen-bond donors (Lipinski definition) is 0. The molecule has 1 aliphatic rings. The largest absolute Gasteiger partial charge is 0.339 e. The highest BCUT2D eigenvalue weighted by molar-refractivity contribution is 5.94. The van der Waals surface area contributed by atoms with E-state index in [1.807, 2.05) is 23.6 Å². The summed E-state index contributed by atoms with van der Waals surface area (Å²) in [5.41, 5.74) is 0.650. The fourth-order valence-corrected chi connectivity index (χ4v) is 2.37. The molecule has 0 radical (unpaired) electrons. The molecule has 0 aliphatic carbocycles. The standard InChI is InChI=1S/C14H19N3O2/c1-3-13(18)16-8-9-17(11(2)10-16)14(19)12-4-6-15-7-5-12/h4-7,11H,3,8-10H2,1-2H3. The minimum atomic E-state index is 0.0125. The van der Waals surface area contributed by atoms with Crippen LogP contribution in [0.25, 0.3) is 0 Å². The first-order valence-corrected chi connectivity index (χ1v) is 6.62. The zero-order valence-electron chi connectivity index (χ0n) is 11.4. The zero-order chi connectivity index (χ0) is 13.8. The van der Waals surface area contributed by atoms with Gasteiger partial charge in [0.1, 0.15) is 0 Å². The van der Waals surface area contributed by atoms with E-state index in [1.165, 1.54) is 0 Å². The van der Waals surface area contributed by atoms with Gasteiger partial charge in [0.15, 0.2) is 0 Å². The Bertz CT molecular complexity index is 461. The minimum absolute atomic E-state index is 0.0125. The normalized spacial score (nSPS) is 19.4. The van der Waals surface area contributed by atoms with Crippen molar-refractivity contribution in [3.05, 3.63) is 30.1 Å². The first kappa shape index (κ1) is 13.5. The quantitative estimate of drug-likeness (QED) is 0.803. The van der Waals surface area contributed by atoms with Gasteiger partial charge in [0.2, 0.25) is 5.91 Å². The van der Waals surface area contributed by atoms with Gasteiger partial charge in [-0.25, -0.2) is 0 Å². The van der Waals surface area contributed by atoms with Crippen molar-refractivity contribution in [3.63, 3.8) is 0 Å². The summed E-state index contributed by atoms with van der Waals surface area (Å²) in [5.74, 6) is 0.168. The summed E-state index contributed by atoms with van der Waals surface area (Å²) < 4.78 is 0. The van der Waals surface area contributed by atoms with Gasteiger partial charge < -0.3 is 9.80 Å². The highest BCUT2D eigenvalue weighted by Crippen LogP contribution is 2.14. The number of carbonyl (C=O) groups is 2. The number of nitrogens with zero attached hydrogens (tertiary/aromatic N) is 3. The molecule has 0 N–H and O–H groups in total. The first-order valence-electron chi connectivity index (χ1n) is 6.62. The third-order valence-electron chi connectivity index (χ3n) is 3.47. The molecule has 2 rings (SSSR count). The number of aromatic nitrogens is 1. The molecule has 1 fully saturated rings. The van der Waals surface area contributed by atoms with Gasteiger partial charge in [0.05, 0.1) is 0 Å². The van der Waals surface area contributed by atoms with Crippen molar-refractivity contribution >= 4 is 11.8 Å². The Balaban J connectivity index is 2.04. The average Bonchev–Trinajstić information content (AvgIpc) is 2.46. The van der Waals surface area contributed by atoms with Crippen LogP contribution in [-0.2, 0) is 4.79 Å². The average molecular weight is 261 g/mol. The third-order valence-corrected chi connectivity index (χ3v) is 3.47. The molecule has 1 aromatic rings. The fraction of sp³-hybridized carbons (Fsp3) is 0.500. The molecule has 1 unspecified atom stereocenters. The lowest BCUT2D eigenvalue weighted by molar-refractivity contribution is -0.133. The van der Waals surface area contributed by atoms with Gasteiger partial charge in [-0.3, -0.25) is 14.6 Å². The van der Waals surface area contributed by atoms with Gasteiger partial charge in [-0.1, -0.05) is 6.92 Å². The topological polar surface area (TPSA) is 53.5 Å². The lowest BCUT2D eigenvalue weighted by Gasteiger charge is -2.39. The maximum atomic E-state index is 12.4. The molecule has 0 bridgehead atoms. The van der Waals surface area contributed by atoms with Crippen molar-refractivity contribution in [2.75, 3.05) is 19.6 Å². The van der Waals surface area contributed by atoms with Gasteiger partial charge in [-0.05, 0) is 19.1 Å². The summed E-state index contributed by atoms with van der Waals surface area (Å²) in [5, 5.41) is 0. The van der Waals surface area contributed by atoms with E-state index in [2.05, 4.69) is 4.98 Å². The van der Waals surface area contributed by atoms with Gasteiger partial charge >= 0.3 is 0 Å². The smallest absolute Gasteiger partial charge is 0.254 e. The number of hydrogen-bond acceptors (Lipinski definition) is 3. The van der Waals surface area contributed by atoms with E-state index in [-0.39, 0.29) is 17.9 Å². The predicted molar refractivity (Wildman–Crippen MR) is 71.6 cm³/mol. The Morgan fingerprint density at radius 3 is 2.58 bits per heavy atom. The molecule has 5 nitrogen and oxygen atoms in total. The number of rotatable bonds is 2. The van der Waals surface area contributed by atoms with Crippen LogP contribution in [0.2, 0.25) is 0 Å². The molecule has 0 aromatic carbocycles. The Hall–Kier alpha value is -1.91. The van der Waals surface area contributed by atoms with Crippen LogP contribution in [0.4, 0.5) is 0 Å². The van der Waals surface area contributed by atoms with Gasteiger partial charge in [0, 0.05) is 50.1 Å². The molecule has 0 saturated carbocycles. The molecular formula is C14H19N3O2. The molecule has 0 spiro atoms. The van der Waals surface area contributed by atoms with Crippen LogP contribution in [0.15, 0.2) is 24.5 Å². The second-order valence-corrected chi connectivity index (χ2v) is 4.78. The molecule has 102 valence electrons. The van der Waals surface area contributed by atoms with Crippen LogP contribution in [0, 0.1) is 0 Å². The SMILES string of the molecule is CCC(=O)N1CCN(C(=O)c2ccncc2)C(C)C1. The number of piperazine rings is 1. The fourth-order valence-electron chi connectivity index (χ4n) is 2.37. The van der Waals surface area contributed by atoms with Crippen molar-refractivity contribution in [3.8, 4) is 0 Å². The second kappa shape index (κ2) is 5.82. The van der Waals surface area contributed by atoms with E-state index in [0.717, 1.165) is 0 Å². The summed E-state index contributed by atoms with van der Waals surface area (Å²) in [6, 6.07) is 3.49. The van der Waals surface area contributed by atoms with Gasteiger partial charge in [-0.15, -0.1) is 0 Å². The van der Waals surface area contributed by atoms with E-state index >= 15 is 0 Å². The Morgan fingerprint density at radius 2 is 2.00 bits per heavy atom. The Morgan fingerprint density at radius 1 is 1.32 bits per heavy atom. The molecule has 2 amide bonds. The van der Waals surface area contributed by atoms with Crippen LogP contribution >= 0.6 is 0 Å². The lowest BCUT2D eigenvalue weighted by Crippen LogP contribution is -2.55. The highest BCUT2D eigenvalue weighted by Gasteiger charge is 2.29. The van der Waals surface area contributed by atoms with E-state index in [4.69, 9.17) is 0 Å². The van der Waals surface area contributed by atoms with Crippen LogP contribution in [0.5, 0.6) is 0 Å². The van der Waals surface area contributed by atoms with E-state index in [0.29, 0.717) is 31.6 Å². The van der Waals surface area contributed by atoms with Crippen LogP contribution in [-0.4, -0.2) is 52.3 Å². The second-order valence-electron chi connectivity index (χ2n) is 4.78. The lowest BCUT2D eigenvalue weighted by atomic mass is 10.1. The predicted octanol–water partition coefficient (Wildman–Crippen LogP) is 1.16. The molecule has 19 heavy (non-hydrogen) atoms. The Labute approximate surface area is 113 Å². The third kappa shape index (κ3) is 2.92. The molecule has 2 heterocycles. The highest BCUT2D eigenvalue weighted by atomic mass is 16.2. The van der Waals surface area contributed by atoms with Crippen molar-refractivity contribution in [2.24, 2.45) is 0 Å². The summed E-state index contributed by atoms with van der Waals surface area (Å²) in [6.07, 6.45) is 3.76. The van der Waals surface area contributed by atoms with Gasteiger partial charge in [0.25, 0.3) is 5.91 Å². The summed E-state index contributed by atoms with van der Waals surface area (Å²) in [7, 11) is 0. The van der Waals surface area contributed by atoms with Crippen molar-refractivity contribution < 1.29 is 9.59 Å². The molecule has 1 saturated heterocycles.